The lowest BCUT2D eigenvalue weighted by atomic mass is 10.1. The second-order valence-electron chi connectivity index (χ2n) is 4.08. The average Bonchev–Trinajstić information content (AvgIpc) is 2.28. The van der Waals surface area contributed by atoms with E-state index in [9.17, 15) is 0 Å². The number of nitrogens with one attached hydrogen (secondary N) is 1. The molecule has 16 heavy (non-hydrogen) atoms. The topological polar surface area (TPSA) is 21.3 Å². The Labute approximate surface area is 103 Å². The summed E-state index contributed by atoms with van der Waals surface area (Å²) in [7, 11) is 1.68. The highest BCUT2D eigenvalue weighted by atomic mass is 35.5. The molecule has 0 aliphatic carbocycles. The first-order valence-electron chi connectivity index (χ1n) is 5.68. The van der Waals surface area contributed by atoms with Gasteiger partial charge in [0.2, 0.25) is 0 Å². The lowest BCUT2D eigenvalue weighted by molar-refractivity contribution is 0.394. The quantitative estimate of drug-likeness (QED) is 0.847. The SMILES string of the molecule is CCC(C)NC(C)c1cc(Cl)ccc1OC. The Morgan fingerprint density at radius 3 is 2.62 bits per heavy atom. The molecule has 0 saturated heterocycles. The van der Waals surface area contributed by atoms with Crippen LogP contribution in [0.2, 0.25) is 5.02 Å². The molecular formula is C13H20ClNO. The Bertz CT molecular complexity index is 341. The van der Waals surface area contributed by atoms with Gasteiger partial charge in [-0.1, -0.05) is 18.5 Å². The maximum atomic E-state index is 6.00. The lowest BCUT2D eigenvalue weighted by Gasteiger charge is -2.21. The summed E-state index contributed by atoms with van der Waals surface area (Å²) in [5.74, 6) is 0.882. The van der Waals surface area contributed by atoms with Crippen LogP contribution in [-0.2, 0) is 0 Å². The summed E-state index contributed by atoms with van der Waals surface area (Å²) in [6, 6.07) is 6.44. The van der Waals surface area contributed by atoms with Gasteiger partial charge in [0.25, 0.3) is 0 Å². The van der Waals surface area contributed by atoms with Crippen LogP contribution in [0, 0.1) is 0 Å². The van der Waals surface area contributed by atoms with E-state index in [-0.39, 0.29) is 6.04 Å². The van der Waals surface area contributed by atoms with Crippen LogP contribution in [0.5, 0.6) is 5.75 Å². The molecule has 0 aliphatic rings. The summed E-state index contributed by atoms with van der Waals surface area (Å²) in [5.41, 5.74) is 1.11. The fourth-order valence-electron chi connectivity index (χ4n) is 1.68. The normalized spacial score (nSPS) is 14.6. The monoisotopic (exact) mass is 241 g/mol. The zero-order chi connectivity index (χ0) is 12.1. The third-order valence-corrected chi connectivity index (χ3v) is 3.04. The van der Waals surface area contributed by atoms with Gasteiger partial charge in [-0.05, 0) is 38.5 Å². The van der Waals surface area contributed by atoms with Crippen LogP contribution >= 0.6 is 11.6 Å². The maximum absolute atomic E-state index is 6.00. The average molecular weight is 242 g/mol. The van der Waals surface area contributed by atoms with E-state index in [1.54, 1.807) is 7.11 Å². The number of methoxy groups -OCH3 is 1. The second kappa shape index (κ2) is 6.12. The smallest absolute Gasteiger partial charge is 0.123 e. The Hall–Kier alpha value is -0.730. The number of hydrogen-bond acceptors (Lipinski definition) is 2. The van der Waals surface area contributed by atoms with E-state index in [1.165, 1.54) is 0 Å². The maximum Gasteiger partial charge on any atom is 0.123 e. The van der Waals surface area contributed by atoms with Crippen LogP contribution in [0.4, 0.5) is 0 Å². The number of rotatable bonds is 5. The molecule has 3 heteroatoms. The highest BCUT2D eigenvalue weighted by molar-refractivity contribution is 6.30. The molecule has 0 radical (unpaired) electrons. The van der Waals surface area contributed by atoms with Crippen molar-refractivity contribution in [1.82, 2.24) is 5.32 Å². The van der Waals surface area contributed by atoms with Gasteiger partial charge in [0.05, 0.1) is 7.11 Å². The number of hydrogen-bond donors (Lipinski definition) is 1. The van der Waals surface area contributed by atoms with E-state index in [0.717, 1.165) is 22.8 Å². The molecule has 2 unspecified atom stereocenters. The first-order valence-corrected chi connectivity index (χ1v) is 6.05. The molecule has 2 atom stereocenters. The van der Waals surface area contributed by atoms with Crippen LogP contribution in [0.3, 0.4) is 0 Å². The van der Waals surface area contributed by atoms with E-state index < -0.39 is 0 Å². The molecule has 0 spiro atoms. The van der Waals surface area contributed by atoms with Crippen molar-refractivity contribution in [3.05, 3.63) is 28.8 Å². The van der Waals surface area contributed by atoms with Crippen molar-refractivity contribution >= 4 is 11.6 Å². The molecular weight excluding hydrogens is 222 g/mol. The molecule has 1 rings (SSSR count). The van der Waals surface area contributed by atoms with Crippen LogP contribution in [0.25, 0.3) is 0 Å². The Morgan fingerprint density at radius 1 is 1.38 bits per heavy atom. The minimum absolute atomic E-state index is 0.239. The predicted octanol–water partition coefficient (Wildman–Crippen LogP) is 3.80. The molecule has 0 fully saturated rings. The predicted molar refractivity (Wildman–Crippen MR) is 69.3 cm³/mol. The van der Waals surface area contributed by atoms with Crippen LogP contribution in [-0.4, -0.2) is 13.2 Å². The molecule has 2 nitrogen and oxygen atoms in total. The summed E-state index contributed by atoms with van der Waals surface area (Å²) in [5, 5.41) is 4.25. The van der Waals surface area contributed by atoms with Gasteiger partial charge in [0.1, 0.15) is 5.75 Å². The molecule has 0 aliphatic heterocycles. The third-order valence-electron chi connectivity index (χ3n) is 2.81. The van der Waals surface area contributed by atoms with Gasteiger partial charge in [-0.3, -0.25) is 0 Å². The van der Waals surface area contributed by atoms with E-state index in [1.807, 2.05) is 18.2 Å². The molecule has 0 aromatic heterocycles. The summed E-state index contributed by atoms with van der Waals surface area (Å²) < 4.78 is 5.34. The minimum atomic E-state index is 0.239. The fraction of sp³-hybridized carbons (Fsp3) is 0.538. The van der Waals surface area contributed by atoms with E-state index in [0.29, 0.717) is 6.04 Å². The van der Waals surface area contributed by atoms with Gasteiger partial charge in [-0.25, -0.2) is 0 Å². The number of halogens is 1. The highest BCUT2D eigenvalue weighted by Gasteiger charge is 2.13. The van der Waals surface area contributed by atoms with Crippen LogP contribution < -0.4 is 10.1 Å². The van der Waals surface area contributed by atoms with Crippen molar-refractivity contribution in [2.45, 2.75) is 39.3 Å². The molecule has 0 amide bonds. The van der Waals surface area contributed by atoms with E-state index in [2.05, 4.69) is 26.1 Å². The molecule has 1 N–H and O–H groups in total. The Kier molecular flexibility index (Phi) is 5.10. The zero-order valence-electron chi connectivity index (χ0n) is 10.4. The van der Waals surface area contributed by atoms with Gasteiger partial charge in [0.15, 0.2) is 0 Å². The number of ether oxygens (including phenoxy) is 1. The highest BCUT2D eigenvalue weighted by Crippen LogP contribution is 2.28. The van der Waals surface area contributed by atoms with Gasteiger partial charge < -0.3 is 10.1 Å². The summed E-state index contributed by atoms with van der Waals surface area (Å²) in [4.78, 5) is 0. The van der Waals surface area contributed by atoms with Gasteiger partial charge in [-0.2, -0.15) is 0 Å². The van der Waals surface area contributed by atoms with Crippen molar-refractivity contribution in [2.75, 3.05) is 7.11 Å². The molecule has 1 aromatic carbocycles. The Morgan fingerprint density at radius 2 is 2.06 bits per heavy atom. The third kappa shape index (κ3) is 3.39. The van der Waals surface area contributed by atoms with Crippen molar-refractivity contribution < 1.29 is 4.74 Å². The van der Waals surface area contributed by atoms with Crippen LogP contribution in [0.15, 0.2) is 18.2 Å². The summed E-state index contributed by atoms with van der Waals surface area (Å²) >= 11 is 6.00. The lowest BCUT2D eigenvalue weighted by Crippen LogP contribution is -2.28. The number of benzene rings is 1. The van der Waals surface area contributed by atoms with E-state index in [4.69, 9.17) is 16.3 Å². The zero-order valence-corrected chi connectivity index (χ0v) is 11.1. The van der Waals surface area contributed by atoms with Gasteiger partial charge in [0, 0.05) is 22.7 Å². The summed E-state index contributed by atoms with van der Waals surface area (Å²) in [6.45, 7) is 6.47. The molecule has 1 aromatic rings. The first-order chi connectivity index (χ1) is 7.58. The first kappa shape index (κ1) is 13.3. The fourth-order valence-corrected chi connectivity index (χ4v) is 1.86. The second-order valence-corrected chi connectivity index (χ2v) is 4.52. The molecule has 0 saturated carbocycles. The Balaban J connectivity index is 2.88. The molecule has 90 valence electrons. The van der Waals surface area contributed by atoms with Crippen LogP contribution in [0.1, 0.15) is 38.8 Å². The summed E-state index contributed by atoms with van der Waals surface area (Å²) in [6.07, 6.45) is 1.10. The van der Waals surface area contributed by atoms with Crippen molar-refractivity contribution in [3.8, 4) is 5.75 Å². The minimum Gasteiger partial charge on any atom is -0.496 e. The van der Waals surface area contributed by atoms with Crippen molar-refractivity contribution in [3.63, 3.8) is 0 Å². The van der Waals surface area contributed by atoms with Gasteiger partial charge >= 0.3 is 0 Å². The molecule has 0 bridgehead atoms. The standard InChI is InChI=1S/C13H20ClNO/c1-5-9(2)15-10(3)12-8-11(14)6-7-13(12)16-4/h6-10,15H,5H2,1-4H3. The van der Waals surface area contributed by atoms with Crippen molar-refractivity contribution in [2.24, 2.45) is 0 Å². The van der Waals surface area contributed by atoms with Crippen molar-refractivity contribution in [1.29, 1.82) is 0 Å². The largest absolute Gasteiger partial charge is 0.496 e. The van der Waals surface area contributed by atoms with E-state index >= 15 is 0 Å². The molecule has 0 heterocycles. The van der Waals surface area contributed by atoms with Gasteiger partial charge in [-0.15, -0.1) is 0 Å².